The van der Waals surface area contributed by atoms with Gasteiger partial charge in [0.2, 0.25) is 0 Å². The third-order valence-corrected chi connectivity index (χ3v) is 3.64. The van der Waals surface area contributed by atoms with Crippen molar-refractivity contribution in [2.45, 2.75) is 38.3 Å². The lowest BCUT2D eigenvalue weighted by molar-refractivity contribution is -0.0553. The van der Waals surface area contributed by atoms with Crippen LogP contribution < -0.4 is 5.32 Å². The van der Waals surface area contributed by atoms with Crippen LogP contribution in [0.2, 0.25) is 10.0 Å². The summed E-state index contributed by atoms with van der Waals surface area (Å²) in [5.41, 5.74) is 0.752. The average Bonchev–Trinajstić information content (AvgIpc) is 2.22. The van der Waals surface area contributed by atoms with Gasteiger partial charge in [0, 0.05) is 12.6 Å². The second kappa shape index (κ2) is 5.05. The number of hydrogen-bond acceptors (Lipinski definition) is 2. The van der Waals surface area contributed by atoms with Crippen molar-refractivity contribution in [2.75, 3.05) is 11.9 Å². The molecular weight excluding hydrogens is 257 g/mol. The summed E-state index contributed by atoms with van der Waals surface area (Å²) in [5, 5.41) is 4.77. The van der Waals surface area contributed by atoms with Gasteiger partial charge in [0.15, 0.2) is 0 Å². The average molecular weight is 274 g/mol. The van der Waals surface area contributed by atoms with Crippen molar-refractivity contribution in [3.8, 4) is 0 Å². The van der Waals surface area contributed by atoms with Gasteiger partial charge in [0.1, 0.15) is 0 Å². The quantitative estimate of drug-likeness (QED) is 0.865. The summed E-state index contributed by atoms with van der Waals surface area (Å²) in [7, 11) is 0. The van der Waals surface area contributed by atoms with E-state index in [0.29, 0.717) is 16.1 Å². The third kappa shape index (κ3) is 3.27. The van der Waals surface area contributed by atoms with Gasteiger partial charge >= 0.3 is 0 Å². The van der Waals surface area contributed by atoms with Gasteiger partial charge in [-0.3, -0.25) is 0 Å². The fourth-order valence-electron chi connectivity index (χ4n) is 2.19. The predicted molar refractivity (Wildman–Crippen MR) is 73.1 cm³/mol. The Hall–Kier alpha value is -0.440. The van der Waals surface area contributed by atoms with Crippen LogP contribution in [-0.4, -0.2) is 18.2 Å². The minimum absolute atomic E-state index is 0.0797. The molecule has 0 aromatic heterocycles. The number of hydrogen-bond donors (Lipinski definition) is 1. The molecule has 1 aliphatic heterocycles. The number of para-hydroxylation sites is 1. The van der Waals surface area contributed by atoms with Gasteiger partial charge in [-0.05, 0) is 38.8 Å². The zero-order valence-corrected chi connectivity index (χ0v) is 11.6. The van der Waals surface area contributed by atoms with Gasteiger partial charge in [0.25, 0.3) is 0 Å². The normalized spacial score (nSPS) is 23.4. The molecule has 1 aromatic rings. The van der Waals surface area contributed by atoms with E-state index in [1.807, 2.05) is 18.2 Å². The molecule has 0 amide bonds. The van der Waals surface area contributed by atoms with Crippen molar-refractivity contribution < 1.29 is 4.74 Å². The van der Waals surface area contributed by atoms with Gasteiger partial charge in [-0.25, -0.2) is 0 Å². The Morgan fingerprint density at radius 3 is 2.53 bits per heavy atom. The van der Waals surface area contributed by atoms with Crippen molar-refractivity contribution >= 4 is 28.9 Å². The zero-order valence-electron chi connectivity index (χ0n) is 10.1. The highest BCUT2D eigenvalue weighted by molar-refractivity contribution is 6.39. The molecule has 0 radical (unpaired) electrons. The van der Waals surface area contributed by atoms with E-state index in [0.717, 1.165) is 25.1 Å². The highest BCUT2D eigenvalue weighted by Gasteiger charge is 2.29. The zero-order chi connectivity index (χ0) is 12.5. The van der Waals surface area contributed by atoms with Crippen LogP contribution in [0.15, 0.2) is 18.2 Å². The van der Waals surface area contributed by atoms with Crippen LogP contribution in [-0.2, 0) is 4.74 Å². The second-order valence-electron chi connectivity index (χ2n) is 5.04. The number of halogens is 2. The molecule has 4 heteroatoms. The fraction of sp³-hybridized carbons (Fsp3) is 0.538. The van der Waals surface area contributed by atoms with Gasteiger partial charge in [-0.1, -0.05) is 29.3 Å². The van der Waals surface area contributed by atoms with E-state index in [2.05, 4.69) is 19.2 Å². The van der Waals surface area contributed by atoms with Crippen LogP contribution in [0.5, 0.6) is 0 Å². The number of ether oxygens (including phenoxy) is 1. The first-order valence-corrected chi connectivity index (χ1v) is 6.58. The Bertz CT molecular complexity index is 386. The Kier molecular flexibility index (Phi) is 3.86. The molecule has 0 saturated carbocycles. The number of nitrogens with one attached hydrogen (secondary N) is 1. The molecule has 0 bridgehead atoms. The van der Waals surface area contributed by atoms with Crippen LogP contribution in [0.25, 0.3) is 0 Å². The minimum Gasteiger partial charge on any atom is -0.380 e. The van der Waals surface area contributed by atoms with Gasteiger partial charge in [-0.2, -0.15) is 0 Å². The van der Waals surface area contributed by atoms with Crippen molar-refractivity contribution in [1.29, 1.82) is 0 Å². The molecule has 2 rings (SSSR count). The molecule has 1 unspecified atom stereocenters. The summed E-state index contributed by atoms with van der Waals surface area (Å²) in [6.45, 7) is 4.98. The second-order valence-corrected chi connectivity index (χ2v) is 5.85. The van der Waals surface area contributed by atoms with E-state index in [1.54, 1.807) is 0 Å². The lowest BCUT2D eigenvalue weighted by Crippen LogP contribution is -2.40. The van der Waals surface area contributed by atoms with Crippen molar-refractivity contribution in [3.05, 3.63) is 28.2 Å². The number of anilines is 1. The predicted octanol–water partition coefficient (Wildman–Crippen LogP) is 4.36. The highest BCUT2D eigenvalue weighted by atomic mass is 35.5. The van der Waals surface area contributed by atoms with Gasteiger partial charge in [-0.15, -0.1) is 0 Å². The third-order valence-electron chi connectivity index (χ3n) is 3.01. The molecule has 0 aliphatic carbocycles. The standard InChI is InChI=1S/C13H17Cl2NO/c1-13(2)8-9(6-7-17-13)16-12-10(14)4-3-5-11(12)15/h3-5,9,16H,6-8H2,1-2H3. The first-order chi connectivity index (χ1) is 7.98. The number of rotatable bonds is 2. The smallest absolute Gasteiger partial charge is 0.0721 e. The summed E-state index contributed by atoms with van der Waals surface area (Å²) < 4.78 is 5.69. The van der Waals surface area contributed by atoms with Crippen LogP contribution in [0, 0.1) is 0 Å². The molecule has 1 heterocycles. The highest BCUT2D eigenvalue weighted by Crippen LogP contribution is 2.33. The SMILES string of the molecule is CC1(C)CC(Nc2c(Cl)cccc2Cl)CCO1. The molecule has 1 atom stereocenters. The van der Waals surface area contributed by atoms with E-state index in [1.165, 1.54) is 0 Å². The van der Waals surface area contributed by atoms with E-state index >= 15 is 0 Å². The summed E-state index contributed by atoms with van der Waals surface area (Å²) in [4.78, 5) is 0. The Morgan fingerprint density at radius 2 is 1.94 bits per heavy atom. The van der Waals surface area contributed by atoms with Gasteiger partial charge < -0.3 is 10.1 Å². The first kappa shape index (κ1) is 13.0. The van der Waals surface area contributed by atoms with Crippen molar-refractivity contribution in [2.24, 2.45) is 0 Å². The molecule has 94 valence electrons. The van der Waals surface area contributed by atoms with Crippen LogP contribution in [0.3, 0.4) is 0 Å². The Balaban J connectivity index is 2.10. The maximum Gasteiger partial charge on any atom is 0.0721 e. The summed E-state index contributed by atoms with van der Waals surface area (Å²) >= 11 is 12.3. The lowest BCUT2D eigenvalue weighted by atomic mass is 9.94. The molecule has 17 heavy (non-hydrogen) atoms. The van der Waals surface area contributed by atoms with E-state index in [9.17, 15) is 0 Å². The first-order valence-electron chi connectivity index (χ1n) is 5.82. The van der Waals surface area contributed by atoms with Crippen LogP contribution >= 0.6 is 23.2 Å². The fourth-order valence-corrected chi connectivity index (χ4v) is 2.70. The lowest BCUT2D eigenvalue weighted by Gasteiger charge is -2.36. The maximum atomic E-state index is 6.14. The summed E-state index contributed by atoms with van der Waals surface area (Å²) in [5.74, 6) is 0. The van der Waals surface area contributed by atoms with E-state index < -0.39 is 0 Å². The van der Waals surface area contributed by atoms with E-state index in [4.69, 9.17) is 27.9 Å². The number of benzene rings is 1. The van der Waals surface area contributed by atoms with E-state index in [-0.39, 0.29) is 5.60 Å². The Morgan fingerprint density at radius 1 is 1.29 bits per heavy atom. The minimum atomic E-state index is -0.0797. The molecular formula is C13H17Cl2NO. The summed E-state index contributed by atoms with van der Waals surface area (Å²) in [6.07, 6.45) is 1.93. The maximum absolute atomic E-state index is 6.14. The molecule has 1 N–H and O–H groups in total. The largest absolute Gasteiger partial charge is 0.380 e. The molecule has 1 aromatic carbocycles. The van der Waals surface area contributed by atoms with Crippen LogP contribution in [0.1, 0.15) is 26.7 Å². The Labute approximate surface area is 112 Å². The molecule has 2 nitrogen and oxygen atoms in total. The molecule has 1 aliphatic rings. The molecule has 1 fully saturated rings. The molecule has 1 saturated heterocycles. The monoisotopic (exact) mass is 273 g/mol. The van der Waals surface area contributed by atoms with Crippen molar-refractivity contribution in [3.63, 3.8) is 0 Å². The van der Waals surface area contributed by atoms with Crippen LogP contribution in [0.4, 0.5) is 5.69 Å². The summed E-state index contributed by atoms with van der Waals surface area (Å²) in [6, 6.07) is 5.90. The topological polar surface area (TPSA) is 21.3 Å². The molecule has 0 spiro atoms. The van der Waals surface area contributed by atoms with Crippen molar-refractivity contribution in [1.82, 2.24) is 0 Å². The van der Waals surface area contributed by atoms with Gasteiger partial charge in [0.05, 0.1) is 21.3 Å².